The number of nitrogens with zero attached hydrogens (tertiary/aromatic N) is 1. The van der Waals surface area contributed by atoms with Crippen molar-refractivity contribution in [2.45, 2.75) is 45.1 Å². The highest BCUT2D eigenvalue weighted by atomic mass is 16.5. The van der Waals surface area contributed by atoms with Crippen LogP contribution in [0.15, 0.2) is 18.2 Å². The Balaban J connectivity index is 1.77. The van der Waals surface area contributed by atoms with Gasteiger partial charge in [0.05, 0.1) is 12.3 Å². The van der Waals surface area contributed by atoms with E-state index < -0.39 is 0 Å². The molecule has 2 aliphatic rings. The Morgan fingerprint density at radius 1 is 1.33 bits per heavy atom. The van der Waals surface area contributed by atoms with Gasteiger partial charge < -0.3 is 15.4 Å². The molecule has 2 atom stereocenters. The Morgan fingerprint density at radius 2 is 2.14 bits per heavy atom. The van der Waals surface area contributed by atoms with Crippen LogP contribution < -0.4 is 10.5 Å². The van der Waals surface area contributed by atoms with E-state index in [4.69, 9.17) is 10.5 Å². The Labute approximate surface area is 126 Å². The van der Waals surface area contributed by atoms with Crippen LogP contribution in [0.1, 0.15) is 49.4 Å². The second-order valence-corrected chi connectivity index (χ2v) is 6.08. The zero-order chi connectivity index (χ0) is 14.8. The predicted octanol–water partition coefficient (Wildman–Crippen LogP) is 3.07. The van der Waals surface area contributed by atoms with Crippen molar-refractivity contribution in [1.82, 2.24) is 4.90 Å². The molecule has 2 unspecified atom stereocenters. The van der Waals surface area contributed by atoms with Gasteiger partial charge in [-0.3, -0.25) is 4.79 Å². The summed E-state index contributed by atoms with van der Waals surface area (Å²) in [5.41, 5.74) is 7.21. The first-order valence-corrected chi connectivity index (χ1v) is 8.04. The van der Waals surface area contributed by atoms with Crippen molar-refractivity contribution < 1.29 is 9.53 Å². The maximum atomic E-state index is 12.8. The highest BCUT2D eigenvalue weighted by Gasteiger charge is 2.38. The molecule has 21 heavy (non-hydrogen) atoms. The molecule has 1 amide bonds. The van der Waals surface area contributed by atoms with E-state index in [1.54, 1.807) is 12.1 Å². The van der Waals surface area contributed by atoms with Gasteiger partial charge in [-0.05, 0) is 50.3 Å². The molecule has 0 spiro atoms. The molecule has 1 aromatic rings. The number of carbonyl (C=O) groups excluding carboxylic acids is 1. The molecule has 1 heterocycles. The number of ether oxygens (including phenoxy) is 1. The number of hydrogen-bond acceptors (Lipinski definition) is 3. The molecule has 1 aliphatic heterocycles. The third kappa shape index (κ3) is 2.71. The highest BCUT2D eigenvalue weighted by molar-refractivity contribution is 5.96. The van der Waals surface area contributed by atoms with Gasteiger partial charge in [-0.1, -0.05) is 12.8 Å². The van der Waals surface area contributed by atoms with E-state index in [2.05, 4.69) is 4.90 Å². The Morgan fingerprint density at radius 3 is 2.90 bits per heavy atom. The third-order valence-electron chi connectivity index (χ3n) is 4.83. The number of likely N-dealkylation sites (tertiary alicyclic amines) is 1. The lowest BCUT2D eigenvalue weighted by molar-refractivity contribution is 0.0690. The zero-order valence-electron chi connectivity index (χ0n) is 12.7. The van der Waals surface area contributed by atoms with Crippen LogP contribution >= 0.6 is 0 Å². The molecule has 2 N–H and O–H groups in total. The van der Waals surface area contributed by atoms with Crippen LogP contribution in [0.4, 0.5) is 5.69 Å². The fraction of sp³-hybridized carbons (Fsp3) is 0.588. The summed E-state index contributed by atoms with van der Waals surface area (Å²) in [6, 6.07) is 5.84. The van der Waals surface area contributed by atoms with Crippen molar-refractivity contribution in [3.8, 4) is 5.75 Å². The van der Waals surface area contributed by atoms with Crippen LogP contribution in [0.25, 0.3) is 0 Å². The Hall–Kier alpha value is -1.71. The maximum absolute atomic E-state index is 12.8. The van der Waals surface area contributed by atoms with Crippen molar-refractivity contribution in [3.63, 3.8) is 0 Å². The second-order valence-electron chi connectivity index (χ2n) is 6.08. The lowest BCUT2D eigenvalue weighted by Gasteiger charge is -2.31. The van der Waals surface area contributed by atoms with Crippen LogP contribution in [-0.2, 0) is 0 Å². The molecule has 1 saturated carbocycles. The lowest BCUT2D eigenvalue weighted by Crippen LogP contribution is -2.39. The number of nitrogen functional groups attached to an aromatic ring is 1. The van der Waals surface area contributed by atoms with Crippen LogP contribution in [0.3, 0.4) is 0 Å². The van der Waals surface area contributed by atoms with E-state index in [0.29, 0.717) is 35.6 Å². The molecule has 0 aromatic heterocycles. The average Bonchev–Trinajstić information content (AvgIpc) is 2.93. The van der Waals surface area contributed by atoms with Crippen LogP contribution in [0.5, 0.6) is 5.75 Å². The summed E-state index contributed by atoms with van der Waals surface area (Å²) in [6.45, 7) is 3.39. The first-order valence-electron chi connectivity index (χ1n) is 8.04. The highest BCUT2D eigenvalue weighted by Crippen LogP contribution is 2.37. The van der Waals surface area contributed by atoms with Gasteiger partial charge in [-0.2, -0.15) is 0 Å². The number of rotatable bonds is 3. The molecule has 4 nitrogen and oxygen atoms in total. The Kier molecular flexibility index (Phi) is 4.04. The van der Waals surface area contributed by atoms with Crippen molar-refractivity contribution in [1.29, 1.82) is 0 Å². The fourth-order valence-corrected chi connectivity index (χ4v) is 3.79. The molecule has 3 rings (SSSR count). The summed E-state index contributed by atoms with van der Waals surface area (Å²) in [5.74, 6) is 1.49. The van der Waals surface area contributed by atoms with E-state index in [1.807, 2.05) is 13.0 Å². The standard InChI is InChI=1S/C17H24N2O2/c1-2-21-16-8-7-13(11-14(16)18)17(20)19-10-9-12-5-3-4-6-15(12)19/h7-8,11-12,15H,2-6,9-10,18H2,1H3. The summed E-state index contributed by atoms with van der Waals surface area (Å²) in [4.78, 5) is 14.8. The molecule has 1 aliphatic carbocycles. The van der Waals surface area contributed by atoms with E-state index in [0.717, 1.165) is 19.4 Å². The van der Waals surface area contributed by atoms with E-state index in [1.165, 1.54) is 19.3 Å². The minimum atomic E-state index is 0.124. The minimum absolute atomic E-state index is 0.124. The number of fused-ring (bicyclic) bond motifs is 1. The maximum Gasteiger partial charge on any atom is 0.254 e. The number of benzene rings is 1. The molecule has 2 fully saturated rings. The van der Waals surface area contributed by atoms with Crippen LogP contribution in [0, 0.1) is 5.92 Å². The van der Waals surface area contributed by atoms with Gasteiger partial charge >= 0.3 is 0 Å². The van der Waals surface area contributed by atoms with Gasteiger partial charge in [-0.15, -0.1) is 0 Å². The average molecular weight is 288 g/mol. The fourth-order valence-electron chi connectivity index (χ4n) is 3.79. The summed E-state index contributed by atoms with van der Waals surface area (Å²) < 4.78 is 5.43. The zero-order valence-corrected chi connectivity index (χ0v) is 12.7. The Bertz CT molecular complexity index is 530. The second kappa shape index (κ2) is 5.96. The van der Waals surface area contributed by atoms with E-state index in [-0.39, 0.29) is 5.91 Å². The van der Waals surface area contributed by atoms with Gasteiger partial charge in [0.15, 0.2) is 0 Å². The number of hydrogen-bond donors (Lipinski definition) is 1. The summed E-state index contributed by atoms with van der Waals surface area (Å²) in [7, 11) is 0. The first-order chi connectivity index (χ1) is 10.2. The number of carbonyl (C=O) groups is 1. The summed E-state index contributed by atoms with van der Waals surface area (Å²) >= 11 is 0. The summed E-state index contributed by atoms with van der Waals surface area (Å²) in [6.07, 6.45) is 6.15. The SMILES string of the molecule is CCOc1ccc(C(=O)N2CCC3CCCCC32)cc1N. The monoisotopic (exact) mass is 288 g/mol. The molecular formula is C17H24N2O2. The molecule has 1 saturated heterocycles. The number of amides is 1. The van der Waals surface area contributed by atoms with E-state index >= 15 is 0 Å². The van der Waals surface area contributed by atoms with Crippen molar-refractivity contribution in [2.24, 2.45) is 5.92 Å². The molecule has 114 valence electrons. The third-order valence-corrected chi connectivity index (χ3v) is 4.83. The molecule has 1 aromatic carbocycles. The van der Waals surface area contributed by atoms with Gasteiger partial charge in [0.25, 0.3) is 5.91 Å². The van der Waals surface area contributed by atoms with E-state index in [9.17, 15) is 4.79 Å². The van der Waals surface area contributed by atoms with Crippen LogP contribution in [-0.4, -0.2) is 30.0 Å². The van der Waals surface area contributed by atoms with Crippen molar-refractivity contribution in [2.75, 3.05) is 18.9 Å². The van der Waals surface area contributed by atoms with Crippen LogP contribution in [0.2, 0.25) is 0 Å². The molecule has 4 heteroatoms. The minimum Gasteiger partial charge on any atom is -0.492 e. The normalized spacial score (nSPS) is 24.7. The lowest BCUT2D eigenvalue weighted by atomic mass is 9.85. The number of anilines is 1. The quantitative estimate of drug-likeness (QED) is 0.870. The largest absolute Gasteiger partial charge is 0.492 e. The van der Waals surface area contributed by atoms with Gasteiger partial charge in [0, 0.05) is 18.2 Å². The molecular weight excluding hydrogens is 264 g/mol. The van der Waals surface area contributed by atoms with Gasteiger partial charge in [0.2, 0.25) is 0 Å². The van der Waals surface area contributed by atoms with Gasteiger partial charge in [-0.25, -0.2) is 0 Å². The first kappa shape index (κ1) is 14.2. The smallest absolute Gasteiger partial charge is 0.254 e. The predicted molar refractivity (Wildman–Crippen MR) is 83.4 cm³/mol. The topological polar surface area (TPSA) is 55.6 Å². The summed E-state index contributed by atoms with van der Waals surface area (Å²) in [5, 5.41) is 0. The molecule has 0 bridgehead atoms. The van der Waals surface area contributed by atoms with Crippen molar-refractivity contribution >= 4 is 11.6 Å². The molecule has 0 radical (unpaired) electrons. The number of nitrogens with two attached hydrogens (primary N) is 1. The van der Waals surface area contributed by atoms with Crippen molar-refractivity contribution in [3.05, 3.63) is 23.8 Å². The van der Waals surface area contributed by atoms with Gasteiger partial charge in [0.1, 0.15) is 5.75 Å².